The highest BCUT2D eigenvalue weighted by Gasteiger charge is 2.24. The van der Waals surface area contributed by atoms with Crippen molar-refractivity contribution in [3.05, 3.63) is 54.6 Å². The largest absolute Gasteiger partial charge is 0.439 e. The Labute approximate surface area is 142 Å². The molecule has 0 amide bonds. The van der Waals surface area contributed by atoms with Gasteiger partial charge in [0.1, 0.15) is 11.2 Å². The van der Waals surface area contributed by atoms with Crippen molar-refractivity contribution in [2.75, 3.05) is 6.54 Å². The minimum Gasteiger partial charge on any atom is -0.439 e. The fourth-order valence-electron chi connectivity index (χ4n) is 3.84. The molecule has 0 unspecified atom stereocenters. The van der Waals surface area contributed by atoms with E-state index in [4.69, 9.17) is 8.83 Å². The maximum atomic E-state index is 6.23. The molecule has 1 aliphatic heterocycles. The van der Waals surface area contributed by atoms with Gasteiger partial charge in [0.2, 0.25) is 11.4 Å². The Morgan fingerprint density at radius 1 is 0.800 bits per heavy atom. The molecule has 0 bridgehead atoms. The third kappa shape index (κ3) is 1.63. The number of hydrogen-bond donors (Lipinski definition) is 0. The Morgan fingerprint density at radius 2 is 1.40 bits per heavy atom. The summed E-state index contributed by atoms with van der Waals surface area (Å²) in [5.41, 5.74) is 4.42. The summed E-state index contributed by atoms with van der Waals surface area (Å²) in [4.78, 5) is 4.44. The second kappa shape index (κ2) is 4.63. The average Bonchev–Trinajstić information content (AvgIpc) is 3.29. The predicted octanol–water partition coefficient (Wildman–Crippen LogP) is 5.60. The zero-order chi connectivity index (χ0) is 16.4. The topological polar surface area (TPSA) is 43.6 Å². The molecule has 3 aromatic heterocycles. The molecule has 6 rings (SSSR count). The molecule has 2 aromatic carbocycles. The minimum absolute atomic E-state index is 0.820. The maximum Gasteiger partial charge on any atom is 0.216 e. The van der Waals surface area contributed by atoms with Crippen LogP contribution in [0, 0.1) is 0 Å². The molecule has 1 aliphatic rings. The lowest BCUT2D eigenvalue weighted by Gasteiger charge is -2.07. The van der Waals surface area contributed by atoms with E-state index in [1.54, 1.807) is 0 Å². The number of furan rings is 2. The number of para-hydroxylation sites is 2. The summed E-state index contributed by atoms with van der Waals surface area (Å²) in [5, 5.41) is 4.44. The molecule has 0 spiro atoms. The second-order valence-electron chi connectivity index (χ2n) is 6.35. The SMILES string of the molecule is C1=NCCC=C1n1c2oc3ccccc3c2c2c3ccccc3oc21. The van der Waals surface area contributed by atoms with E-state index in [1.165, 1.54) is 0 Å². The van der Waals surface area contributed by atoms with Crippen molar-refractivity contribution in [2.45, 2.75) is 6.42 Å². The smallest absolute Gasteiger partial charge is 0.216 e. The number of dihydropyridines is 1. The molecule has 5 aromatic rings. The lowest BCUT2D eigenvalue weighted by Crippen LogP contribution is -2.01. The fourth-order valence-corrected chi connectivity index (χ4v) is 3.84. The van der Waals surface area contributed by atoms with Crippen molar-refractivity contribution < 1.29 is 8.83 Å². The lowest BCUT2D eigenvalue weighted by molar-refractivity contribution is 0.618. The molecule has 0 aliphatic carbocycles. The first-order chi connectivity index (χ1) is 12.4. The van der Waals surface area contributed by atoms with E-state index >= 15 is 0 Å². The Bertz CT molecular complexity index is 1260. The molecule has 0 saturated heterocycles. The standard InChI is InChI=1S/C21H14N2O2/c1-3-9-16-14(7-1)18-19-15-8-2-4-10-17(15)25-21(19)23(20(18)24-16)13-6-5-11-22-12-13/h1-4,6-10,12H,5,11H2. The Balaban J connectivity index is 1.91. The summed E-state index contributed by atoms with van der Waals surface area (Å²) < 4.78 is 14.5. The molecule has 25 heavy (non-hydrogen) atoms. The van der Waals surface area contributed by atoms with Crippen molar-refractivity contribution in [3.63, 3.8) is 0 Å². The van der Waals surface area contributed by atoms with Crippen LogP contribution < -0.4 is 0 Å². The number of rotatable bonds is 1. The monoisotopic (exact) mass is 326 g/mol. The molecule has 0 saturated carbocycles. The molecular weight excluding hydrogens is 312 g/mol. The van der Waals surface area contributed by atoms with Gasteiger partial charge in [-0.2, -0.15) is 0 Å². The van der Waals surface area contributed by atoms with Gasteiger partial charge >= 0.3 is 0 Å². The fraction of sp³-hybridized carbons (Fsp3) is 0.0952. The van der Waals surface area contributed by atoms with Crippen molar-refractivity contribution >= 4 is 56.0 Å². The first-order valence-electron chi connectivity index (χ1n) is 8.45. The summed E-state index contributed by atoms with van der Waals surface area (Å²) >= 11 is 0. The van der Waals surface area contributed by atoms with Crippen LogP contribution in [0.2, 0.25) is 0 Å². The van der Waals surface area contributed by atoms with Crippen LogP contribution in [0.4, 0.5) is 0 Å². The van der Waals surface area contributed by atoms with Gasteiger partial charge in [0, 0.05) is 23.5 Å². The van der Waals surface area contributed by atoms with Gasteiger partial charge in [-0.3, -0.25) is 4.99 Å². The highest BCUT2D eigenvalue weighted by atomic mass is 16.4. The normalized spacial score (nSPS) is 15.0. The van der Waals surface area contributed by atoms with Crippen molar-refractivity contribution in [2.24, 2.45) is 4.99 Å². The third-order valence-electron chi connectivity index (χ3n) is 4.90. The van der Waals surface area contributed by atoms with Gasteiger partial charge in [-0.1, -0.05) is 42.5 Å². The molecule has 0 fully saturated rings. The molecule has 4 heterocycles. The number of aliphatic imine (C=N–C) groups is 1. The zero-order valence-electron chi connectivity index (χ0n) is 13.4. The van der Waals surface area contributed by atoms with Crippen LogP contribution in [0.15, 0.2) is 68.4 Å². The van der Waals surface area contributed by atoms with Crippen LogP contribution in [-0.4, -0.2) is 17.3 Å². The molecule has 4 nitrogen and oxygen atoms in total. The van der Waals surface area contributed by atoms with Crippen LogP contribution in [-0.2, 0) is 0 Å². The molecule has 0 radical (unpaired) electrons. The summed E-state index contributed by atoms with van der Waals surface area (Å²) in [6.45, 7) is 0.831. The number of hydrogen-bond acceptors (Lipinski definition) is 3. The number of nitrogens with zero attached hydrogens (tertiary/aromatic N) is 2. The van der Waals surface area contributed by atoms with E-state index in [1.807, 2.05) is 42.6 Å². The predicted molar refractivity (Wildman–Crippen MR) is 101 cm³/mol. The van der Waals surface area contributed by atoms with Gasteiger partial charge in [-0.05, 0) is 18.6 Å². The van der Waals surface area contributed by atoms with Crippen LogP contribution in [0.3, 0.4) is 0 Å². The maximum absolute atomic E-state index is 6.23. The number of benzene rings is 2. The van der Waals surface area contributed by atoms with Gasteiger partial charge in [0.25, 0.3) is 0 Å². The van der Waals surface area contributed by atoms with Gasteiger partial charge < -0.3 is 8.83 Å². The first-order valence-corrected chi connectivity index (χ1v) is 8.45. The van der Waals surface area contributed by atoms with Gasteiger partial charge in [0.05, 0.1) is 16.5 Å². The van der Waals surface area contributed by atoms with E-state index in [2.05, 4.69) is 27.8 Å². The van der Waals surface area contributed by atoms with E-state index in [0.29, 0.717) is 0 Å². The highest BCUT2D eigenvalue weighted by molar-refractivity contribution is 6.28. The molecule has 4 heteroatoms. The average molecular weight is 326 g/mol. The Morgan fingerprint density at radius 3 is 1.96 bits per heavy atom. The number of allylic oxidation sites excluding steroid dienone is 1. The van der Waals surface area contributed by atoms with Gasteiger partial charge in [-0.25, -0.2) is 4.57 Å². The summed E-state index contributed by atoms with van der Waals surface area (Å²) in [5.74, 6) is 0. The molecule has 0 atom stereocenters. The number of fused-ring (bicyclic) bond motifs is 7. The molecule has 0 N–H and O–H groups in total. The van der Waals surface area contributed by atoms with Crippen molar-refractivity contribution in [1.29, 1.82) is 0 Å². The van der Waals surface area contributed by atoms with Crippen LogP contribution >= 0.6 is 0 Å². The summed E-state index contributed by atoms with van der Waals surface area (Å²) in [6, 6.07) is 16.3. The first kappa shape index (κ1) is 13.1. The second-order valence-corrected chi connectivity index (χ2v) is 6.35. The minimum atomic E-state index is 0.820. The highest BCUT2D eigenvalue weighted by Crippen LogP contribution is 2.43. The van der Waals surface area contributed by atoms with Gasteiger partial charge in [-0.15, -0.1) is 0 Å². The lowest BCUT2D eigenvalue weighted by atomic mass is 10.1. The van der Waals surface area contributed by atoms with Crippen LogP contribution in [0.25, 0.3) is 49.8 Å². The third-order valence-corrected chi connectivity index (χ3v) is 4.90. The Hall–Kier alpha value is -3.27. The van der Waals surface area contributed by atoms with E-state index < -0.39 is 0 Å². The quantitative estimate of drug-likeness (QED) is 0.402. The molecular formula is C21H14N2O2. The van der Waals surface area contributed by atoms with E-state index in [0.717, 1.165) is 62.8 Å². The number of aromatic nitrogens is 1. The van der Waals surface area contributed by atoms with Gasteiger partial charge in [0.15, 0.2) is 0 Å². The van der Waals surface area contributed by atoms with Crippen LogP contribution in [0.1, 0.15) is 6.42 Å². The zero-order valence-corrected chi connectivity index (χ0v) is 13.4. The Kier molecular flexibility index (Phi) is 2.42. The molecule has 120 valence electrons. The van der Waals surface area contributed by atoms with Crippen LogP contribution in [0.5, 0.6) is 0 Å². The summed E-state index contributed by atoms with van der Waals surface area (Å²) in [6.07, 6.45) is 5.02. The van der Waals surface area contributed by atoms with E-state index in [9.17, 15) is 0 Å². The van der Waals surface area contributed by atoms with Crippen molar-refractivity contribution in [1.82, 2.24) is 4.57 Å². The van der Waals surface area contributed by atoms with E-state index in [-0.39, 0.29) is 0 Å². The summed E-state index contributed by atoms with van der Waals surface area (Å²) in [7, 11) is 0. The van der Waals surface area contributed by atoms with Crippen molar-refractivity contribution in [3.8, 4) is 0 Å².